The van der Waals surface area contributed by atoms with Crippen molar-refractivity contribution in [3.8, 4) is 0 Å². The number of hydrogen-bond donors (Lipinski definition) is 2. The van der Waals surface area contributed by atoms with Crippen LogP contribution in [0.1, 0.15) is 6.42 Å². The van der Waals surface area contributed by atoms with E-state index in [0.717, 1.165) is 0 Å². The van der Waals surface area contributed by atoms with E-state index in [1.54, 1.807) is 0 Å². The van der Waals surface area contributed by atoms with Crippen molar-refractivity contribution >= 4 is 11.9 Å². The maximum absolute atomic E-state index is 12.0. The van der Waals surface area contributed by atoms with E-state index >= 15 is 0 Å². The van der Waals surface area contributed by atoms with Gasteiger partial charge in [0.25, 0.3) is 5.91 Å². The van der Waals surface area contributed by atoms with Crippen molar-refractivity contribution in [2.45, 2.75) is 25.0 Å². The van der Waals surface area contributed by atoms with E-state index in [0.29, 0.717) is 4.90 Å². The number of carbonyl (C=O) groups excluding carboxylic acids is 1. The fourth-order valence-electron chi connectivity index (χ4n) is 1.42. The molecule has 0 aliphatic carbocycles. The Kier molecular flexibility index (Phi) is 3.00. The first kappa shape index (κ1) is 10.8. The molecule has 0 aromatic heterocycles. The molecule has 1 fully saturated rings. The smallest absolute Gasteiger partial charge is 0.326 e. The monoisotopic (exact) mass is 209 g/mol. The number of rotatable bonds is 2. The second-order valence-electron chi connectivity index (χ2n) is 3.03. The average molecular weight is 209 g/mol. The molecule has 14 heavy (non-hydrogen) atoms. The summed E-state index contributed by atoms with van der Waals surface area (Å²) in [6.07, 6.45) is -4.48. The minimum absolute atomic E-state index is 0.201. The van der Waals surface area contributed by atoms with Crippen LogP contribution in [-0.2, 0) is 9.59 Å². The summed E-state index contributed by atoms with van der Waals surface area (Å²) < 4.78 is 24.0. The number of β-amino-alcohol motifs (C(OH)–C–C–N with tert-alkyl or cyclic N) is 1. The standard InChI is InChI=1S/C7H9F2NO4/c8-5(9)6(12)10-2-3(11)1-4(10)7(13)14/h3-5,11H,1-2H2,(H,13,14)/t3-,4-/m0/s1. The van der Waals surface area contributed by atoms with Crippen LogP contribution in [0.25, 0.3) is 0 Å². The molecule has 0 spiro atoms. The van der Waals surface area contributed by atoms with Gasteiger partial charge < -0.3 is 15.1 Å². The third kappa shape index (κ3) is 1.98. The summed E-state index contributed by atoms with van der Waals surface area (Å²) >= 11 is 0. The SMILES string of the molecule is O=C(O)[C@@H]1C[C@H](O)CN1C(=O)C(F)F. The first-order chi connectivity index (χ1) is 6.43. The number of halogens is 2. The van der Waals surface area contributed by atoms with E-state index in [-0.39, 0.29) is 13.0 Å². The van der Waals surface area contributed by atoms with E-state index in [1.807, 2.05) is 0 Å². The van der Waals surface area contributed by atoms with Crippen LogP contribution in [0.15, 0.2) is 0 Å². The largest absolute Gasteiger partial charge is 0.480 e. The van der Waals surface area contributed by atoms with Crippen LogP contribution in [0.3, 0.4) is 0 Å². The first-order valence-electron chi connectivity index (χ1n) is 3.93. The second-order valence-corrected chi connectivity index (χ2v) is 3.03. The molecule has 7 heteroatoms. The highest BCUT2D eigenvalue weighted by Crippen LogP contribution is 2.19. The molecule has 0 saturated carbocycles. The molecule has 1 saturated heterocycles. The summed E-state index contributed by atoms with van der Waals surface area (Å²) in [4.78, 5) is 21.8. The van der Waals surface area contributed by atoms with Crippen LogP contribution in [0.5, 0.6) is 0 Å². The lowest BCUT2D eigenvalue weighted by Crippen LogP contribution is -2.43. The molecular weight excluding hydrogens is 200 g/mol. The van der Waals surface area contributed by atoms with Gasteiger partial charge in [-0.3, -0.25) is 4.79 Å². The lowest BCUT2D eigenvalue weighted by molar-refractivity contribution is -0.153. The topological polar surface area (TPSA) is 77.8 Å². The van der Waals surface area contributed by atoms with Crippen LogP contribution in [0.2, 0.25) is 0 Å². The van der Waals surface area contributed by atoms with Gasteiger partial charge in [-0.1, -0.05) is 0 Å². The normalized spacial score (nSPS) is 27.0. The predicted molar refractivity (Wildman–Crippen MR) is 39.8 cm³/mol. The van der Waals surface area contributed by atoms with Crippen molar-refractivity contribution in [2.75, 3.05) is 6.54 Å². The Bertz CT molecular complexity index is 258. The molecule has 1 heterocycles. The van der Waals surface area contributed by atoms with Gasteiger partial charge in [0.2, 0.25) is 0 Å². The van der Waals surface area contributed by atoms with Gasteiger partial charge >= 0.3 is 12.4 Å². The van der Waals surface area contributed by atoms with Gasteiger partial charge in [0.15, 0.2) is 0 Å². The Morgan fingerprint density at radius 3 is 2.43 bits per heavy atom. The van der Waals surface area contributed by atoms with E-state index in [1.165, 1.54) is 0 Å². The number of carboxylic acids is 1. The molecule has 80 valence electrons. The number of likely N-dealkylation sites (tertiary alicyclic amines) is 1. The van der Waals surface area contributed by atoms with E-state index in [2.05, 4.69) is 0 Å². The number of amides is 1. The molecular formula is C7H9F2NO4. The number of aliphatic hydroxyl groups excluding tert-OH is 1. The Balaban J connectivity index is 2.76. The fraction of sp³-hybridized carbons (Fsp3) is 0.714. The predicted octanol–water partition coefficient (Wildman–Crippen LogP) is -0.702. The zero-order chi connectivity index (χ0) is 10.9. The molecule has 0 unspecified atom stereocenters. The third-order valence-electron chi connectivity index (χ3n) is 2.03. The van der Waals surface area contributed by atoms with Gasteiger partial charge in [-0.15, -0.1) is 0 Å². The number of hydrogen-bond acceptors (Lipinski definition) is 3. The van der Waals surface area contributed by atoms with E-state index in [9.17, 15) is 18.4 Å². The van der Waals surface area contributed by atoms with E-state index in [4.69, 9.17) is 10.2 Å². The lowest BCUT2D eigenvalue weighted by atomic mass is 10.2. The molecule has 1 aliphatic rings. The summed E-state index contributed by atoms with van der Waals surface area (Å²) in [6, 6.07) is -1.34. The molecule has 1 rings (SSSR count). The number of nitrogens with zero attached hydrogens (tertiary/aromatic N) is 1. The van der Waals surface area contributed by atoms with Crippen molar-refractivity contribution in [1.29, 1.82) is 0 Å². The molecule has 5 nitrogen and oxygen atoms in total. The number of carbonyl (C=O) groups is 2. The molecule has 1 amide bonds. The summed E-state index contributed by atoms with van der Waals surface area (Å²) in [5.74, 6) is -2.93. The van der Waals surface area contributed by atoms with Gasteiger partial charge in [-0.05, 0) is 0 Å². The van der Waals surface area contributed by atoms with Crippen molar-refractivity contribution in [2.24, 2.45) is 0 Å². The van der Waals surface area contributed by atoms with Crippen molar-refractivity contribution in [3.05, 3.63) is 0 Å². The maximum atomic E-state index is 12.0. The maximum Gasteiger partial charge on any atom is 0.326 e. The Hall–Kier alpha value is -1.24. The average Bonchev–Trinajstić information content (AvgIpc) is 2.45. The van der Waals surface area contributed by atoms with Crippen LogP contribution in [0.4, 0.5) is 8.78 Å². The number of alkyl halides is 2. The summed E-state index contributed by atoms with van der Waals surface area (Å²) in [7, 11) is 0. The van der Waals surface area contributed by atoms with Gasteiger partial charge in [0.05, 0.1) is 6.10 Å². The Morgan fingerprint density at radius 2 is 2.00 bits per heavy atom. The molecule has 0 radical (unpaired) electrons. The van der Waals surface area contributed by atoms with Crippen LogP contribution in [-0.4, -0.2) is 52.1 Å². The van der Waals surface area contributed by atoms with Gasteiger partial charge in [0, 0.05) is 13.0 Å². The summed E-state index contributed by atoms with van der Waals surface area (Å²) in [5, 5.41) is 17.6. The highest BCUT2D eigenvalue weighted by atomic mass is 19.3. The van der Waals surface area contributed by atoms with Gasteiger partial charge in [-0.2, -0.15) is 8.78 Å². The highest BCUT2D eigenvalue weighted by Gasteiger charge is 2.41. The van der Waals surface area contributed by atoms with E-state index < -0.39 is 30.4 Å². The zero-order valence-electron chi connectivity index (χ0n) is 7.06. The first-order valence-corrected chi connectivity index (χ1v) is 3.93. The van der Waals surface area contributed by atoms with Crippen LogP contribution >= 0.6 is 0 Å². The minimum atomic E-state index is -3.23. The molecule has 0 bridgehead atoms. The van der Waals surface area contributed by atoms with Crippen molar-refractivity contribution in [3.63, 3.8) is 0 Å². The van der Waals surface area contributed by atoms with Gasteiger partial charge in [-0.25, -0.2) is 4.79 Å². The molecule has 2 atom stereocenters. The molecule has 0 aromatic rings. The van der Waals surface area contributed by atoms with Crippen molar-refractivity contribution < 1.29 is 28.6 Å². The minimum Gasteiger partial charge on any atom is -0.480 e. The summed E-state index contributed by atoms with van der Waals surface area (Å²) in [6.45, 7) is -0.347. The Labute approximate surface area is 77.9 Å². The summed E-state index contributed by atoms with van der Waals surface area (Å²) in [5.41, 5.74) is 0. The van der Waals surface area contributed by atoms with Crippen LogP contribution in [0, 0.1) is 0 Å². The third-order valence-corrected chi connectivity index (χ3v) is 2.03. The Morgan fingerprint density at radius 1 is 1.43 bits per heavy atom. The number of aliphatic carboxylic acids is 1. The lowest BCUT2D eigenvalue weighted by Gasteiger charge is -2.20. The number of aliphatic hydroxyl groups is 1. The highest BCUT2D eigenvalue weighted by molar-refractivity contribution is 5.86. The molecule has 1 aliphatic heterocycles. The van der Waals surface area contributed by atoms with Crippen molar-refractivity contribution in [1.82, 2.24) is 4.90 Å². The number of carboxylic acid groups (broad SMARTS) is 1. The zero-order valence-corrected chi connectivity index (χ0v) is 7.06. The van der Waals surface area contributed by atoms with Gasteiger partial charge in [0.1, 0.15) is 6.04 Å². The second kappa shape index (κ2) is 3.87. The quantitative estimate of drug-likeness (QED) is 0.630. The molecule has 0 aromatic carbocycles. The van der Waals surface area contributed by atoms with Crippen LogP contribution < -0.4 is 0 Å². The fourth-order valence-corrected chi connectivity index (χ4v) is 1.42. The molecule has 2 N–H and O–H groups in total.